The minimum atomic E-state index is -4.59. The number of benzene rings is 1. The molecule has 0 bridgehead atoms. The highest BCUT2D eigenvalue weighted by Gasteiger charge is 2.33. The lowest BCUT2D eigenvalue weighted by Crippen LogP contribution is -2.12. The van der Waals surface area contributed by atoms with Crippen molar-refractivity contribution in [3.8, 4) is 0 Å². The first kappa shape index (κ1) is 14.2. The van der Waals surface area contributed by atoms with E-state index < -0.39 is 28.7 Å². The molecule has 4 nitrogen and oxygen atoms in total. The van der Waals surface area contributed by atoms with E-state index in [0.29, 0.717) is 0 Å². The van der Waals surface area contributed by atoms with Gasteiger partial charge in [0, 0.05) is 0 Å². The Bertz CT molecular complexity index is 486. The second-order valence-corrected chi connectivity index (χ2v) is 4.44. The van der Waals surface area contributed by atoms with Gasteiger partial charge in [0.25, 0.3) is 0 Å². The molecule has 17 heavy (non-hydrogen) atoms. The number of rotatable bonds is 4. The molecule has 0 radical (unpaired) electrons. The summed E-state index contributed by atoms with van der Waals surface area (Å²) in [6.45, 7) is -0.815. The molecule has 0 N–H and O–H groups in total. The van der Waals surface area contributed by atoms with Crippen molar-refractivity contribution < 1.29 is 29.5 Å². The summed E-state index contributed by atoms with van der Waals surface area (Å²) in [7, 11) is -4.48. The van der Waals surface area contributed by atoms with Crippen molar-refractivity contribution in [2.45, 2.75) is 12.8 Å². The van der Waals surface area contributed by atoms with E-state index in [1.165, 1.54) is 12.1 Å². The summed E-state index contributed by atoms with van der Waals surface area (Å²) in [5.41, 5.74) is -1.32. The molecule has 9 heteroatoms. The zero-order valence-electron chi connectivity index (χ0n) is 8.07. The van der Waals surface area contributed by atoms with Gasteiger partial charge in [0.05, 0.1) is 24.0 Å². The first-order valence-corrected chi connectivity index (χ1v) is 5.75. The lowest BCUT2D eigenvalue weighted by Gasteiger charge is -2.11. The Morgan fingerprint density at radius 3 is 2.35 bits per heavy atom. The van der Waals surface area contributed by atoms with Crippen LogP contribution in [0.4, 0.5) is 13.2 Å². The SMILES string of the molecule is O=S(=O)(OCl)OCc1ccccc1C(F)(F)F. The first-order valence-electron chi connectivity index (χ1n) is 4.11. The molecule has 0 saturated carbocycles. The molecule has 0 aliphatic rings. The van der Waals surface area contributed by atoms with E-state index in [2.05, 4.69) is 19.8 Å². The summed E-state index contributed by atoms with van der Waals surface area (Å²) in [5, 5.41) is 0. The molecular weight excluding hydrogens is 285 g/mol. The van der Waals surface area contributed by atoms with Crippen LogP contribution < -0.4 is 0 Å². The molecule has 0 heterocycles. The molecule has 0 atom stereocenters. The Kier molecular flexibility index (Phi) is 4.36. The van der Waals surface area contributed by atoms with Crippen LogP contribution in [0.2, 0.25) is 0 Å². The maximum absolute atomic E-state index is 12.5. The largest absolute Gasteiger partial charge is 0.416 e. The number of halogens is 4. The molecule has 0 aromatic heterocycles. The van der Waals surface area contributed by atoms with E-state index in [9.17, 15) is 21.6 Å². The summed E-state index contributed by atoms with van der Waals surface area (Å²) >= 11 is 4.55. The van der Waals surface area contributed by atoms with Crippen LogP contribution in [0.15, 0.2) is 24.3 Å². The van der Waals surface area contributed by atoms with Crippen LogP contribution in [0.25, 0.3) is 0 Å². The molecule has 1 aromatic rings. The number of hydrogen-bond acceptors (Lipinski definition) is 4. The predicted octanol–water partition coefficient (Wildman–Crippen LogP) is 2.64. The molecule has 96 valence electrons. The van der Waals surface area contributed by atoms with Crippen molar-refractivity contribution in [2.24, 2.45) is 0 Å². The van der Waals surface area contributed by atoms with Gasteiger partial charge >= 0.3 is 16.6 Å². The van der Waals surface area contributed by atoms with Gasteiger partial charge in [0.2, 0.25) is 0 Å². The highest BCUT2D eigenvalue weighted by Crippen LogP contribution is 2.32. The normalized spacial score (nSPS) is 12.7. The topological polar surface area (TPSA) is 52.6 Å². The van der Waals surface area contributed by atoms with E-state index in [1.807, 2.05) is 0 Å². The fraction of sp³-hybridized carbons (Fsp3) is 0.250. The van der Waals surface area contributed by atoms with Crippen LogP contribution in [-0.2, 0) is 31.1 Å². The molecule has 1 aromatic carbocycles. The van der Waals surface area contributed by atoms with Crippen LogP contribution >= 0.6 is 11.9 Å². The zero-order chi connectivity index (χ0) is 13.1. The minimum absolute atomic E-state index is 0.336. The Labute approximate surface area is 100 Å². The maximum Gasteiger partial charge on any atom is 0.416 e. The van der Waals surface area contributed by atoms with E-state index in [4.69, 9.17) is 0 Å². The van der Waals surface area contributed by atoms with Gasteiger partial charge < -0.3 is 0 Å². The molecule has 0 spiro atoms. The van der Waals surface area contributed by atoms with Crippen molar-refractivity contribution in [1.82, 2.24) is 0 Å². The Hall–Kier alpha value is -0.830. The predicted molar refractivity (Wildman–Crippen MR) is 52.1 cm³/mol. The average molecular weight is 291 g/mol. The van der Waals surface area contributed by atoms with Crippen molar-refractivity contribution in [3.05, 3.63) is 35.4 Å². The number of alkyl halides is 3. The van der Waals surface area contributed by atoms with E-state index in [1.54, 1.807) is 0 Å². The van der Waals surface area contributed by atoms with E-state index in [-0.39, 0.29) is 5.56 Å². The van der Waals surface area contributed by atoms with Crippen molar-refractivity contribution >= 4 is 22.3 Å². The average Bonchev–Trinajstić information content (AvgIpc) is 2.26. The van der Waals surface area contributed by atoms with Crippen LogP contribution in [0.1, 0.15) is 11.1 Å². The second-order valence-electron chi connectivity index (χ2n) is 2.89. The Morgan fingerprint density at radius 2 is 1.82 bits per heavy atom. The zero-order valence-corrected chi connectivity index (χ0v) is 9.64. The molecule has 0 amide bonds. The van der Waals surface area contributed by atoms with Gasteiger partial charge in [0.15, 0.2) is 0 Å². The number of hydrogen-bond donors (Lipinski definition) is 0. The summed E-state index contributed by atoms with van der Waals surface area (Å²) in [4.78, 5) is 0. The summed E-state index contributed by atoms with van der Waals surface area (Å²) < 4.78 is 66.4. The van der Waals surface area contributed by atoms with Gasteiger partial charge in [-0.2, -0.15) is 21.6 Å². The molecule has 0 saturated heterocycles. The van der Waals surface area contributed by atoms with Crippen molar-refractivity contribution in [1.29, 1.82) is 0 Å². The molecule has 0 aliphatic heterocycles. The molecule has 0 unspecified atom stereocenters. The first-order chi connectivity index (χ1) is 7.76. The van der Waals surface area contributed by atoms with Crippen LogP contribution in [0.5, 0.6) is 0 Å². The van der Waals surface area contributed by atoms with Crippen LogP contribution in [0.3, 0.4) is 0 Å². The summed E-state index contributed by atoms with van der Waals surface area (Å²) in [5.74, 6) is 0. The summed E-state index contributed by atoms with van der Waals surface area (Å²) in [6, 6.07) is 4.40. The Balaban J connectivity index is 2.93. The highest BCUT2D eigenvalue weighted by atomic mass is 35.5. The quantitative estimate of drug-likeness (QED) is 0.855. The van der Waals surface area contributed by atoms with Crippen molar-refractivity contribution in [3.63, 3.8) is 0 Å². The van der Waals surface area contributed by atoms with Gasteiger partial charge in [-0.15, -0.1) is 3.74 Å². The monoisotopic (exact) mass is 290 g/mol. The van der Waals surface area contributed by atoms with Crippen LogP contribution in [-0.4, -0.2) is 8.42 Å². The third-order valence-corrected chi connectivity index (χ3v) is 2.78. The van der Waals surface area contributed by atoms with E-state index in [0.717, 1.165) is 12.1 Å². The van der Waals surface area contributed by atoms with E-state index >= 15 is 0 Å². The molecule has 1 rings (SSSR count). The smallest absolute Gasteiger partial charge is 0.242 e. The third-order valence-electron chi connectivity index (χ3n) is 1.76. The summed E-state index contributed by atoms with van der Waals surface area (Å²) in [6.07, 6.45) is -4.59. The van der Waals surface area contributed by atoms with Gasteiger partial charge in [-0.1, -0.05) is 18.2 Å². The third kappa shape index (κ3) is 4.15. The van der Waals surface area contributed by atoms with Crippen molar-refractivity contribution in [2.75, 3.05) is 0 Å². The second kappa shape index (κ2) is 5.21. The minimum Gasteiger partial charge on any atom is -0.242 e. The Morgan fingerprint density at radius 1 is 1.24 bits per heavy atom. The fourth-order valence-electron chi connectivity index (χ4n) is 1.08. The van der Waals surface area contributed by atoms with Gasteiger partial charge in [-0.25, -0.2) is 4.18 Å². The lowest BCUT2D eigenvalue weighted by atomic mass is 10.1. The molecular formula is C8H6ClF3O4S. The van der Waals surface area contributed by atoms with Gasteiger partial charge in [0.1, 0.15) is 0 Å². The van der Waals surface area contributed by atoms with Gasteiger partial charge in [-0.05, 0) is 11.6 Å². The van der Waals surface area contributed by atoms with Gasteiger partial charge in [-0.3, -0.25) is 0 Å². The molecule has 0 fully saturated rings. The standard InChI is InChI=1S/C8H6ClF3O4S/c9-16-17(13,14)15-5-6-3-1-2-4-7(6)8(10,11)12/h1-4H,5H2. The highest BCUT2D eigenvalue weighted by molar-refractivity contribution is 7.82. The lowest BCUT2D eigenvalue weighted by molar-refractivity contribution is -0.138. The maximum atomic E-state index is 12.5. The van der Waals surface area contributed by atoms with Crippen LogP contribution in [0, 0.1) is 0 Å². The fourth-order valence-corrected chi connectivity index (χ4v) is 1.49. The molecule has 0 aliphatic carbocycles.